The molecule has 0 aliphatic rings. The summed E-state index contributed by atoms with van der Waals surface area (Å²) in [5.74, 6) is 0.0550. The molecule has 0 aliphatic heterocycles. The highest BCUT2D eigenvalue weighted by Crippen LogP contribution is 2.24. The summed E-state index contributed by atoms with van der Waals surface area (Å²) < 4.78 is 2.05. The maximum Gasteiger partial charge on any atom is 0.227 e. The number of nitrogens with two attached hydrogens (primary N) is 1. The first kappa shape index (κ1) is 21.7. The van der Waals surface area contributed by atoms with Gasteiger partial charge in [-0.25, -0.2) is 4.98 Å². The molecule has 1 aromatic carbocycles. The Labute approximate surface area is 149 Å². The van der Waals surface area contributed by atoms with Crippen LogP contribution >= 0.6 is 24.8 Å². The molecule has 0 atom stereocenters. The third-order valence-corrected chi connectivity index (χ3v) is 4.39. The van der Waals surface area contributed by atoms with E-state index < -0.39 is 5.41 Å². The van der Waals surface area contributed by atoms with E-state index in [0.29, 0.717) is 19.6 Å². The quantitative estimate of drug-likeness (QED) is 0.797. The second-order valence-electron chi connectivity index (χ2n) is 5.37. The summed E-state index contributed by atoms with van der Waals surface area (Å²) in [4.78, 5) is 16.7. The van der Waals surface area contributed by atoms with Crippen LogP contribution in [-0.2, 0) is 11.3 Å². The Morgan fingerprint density at radius 2 is 1.91 bits per heavy atom. The lowest BCUT2D eigenvalue weighted by molar-refractivity contribution is -0.131. The summed E-state index contributed by atoms with van der Waals surface area (Å²) >= 11 is 0. The number of fused-ring (bicyclic) bond motifs is 1. The van der Waals surface area contributed by atoms with Gasteiger partial charge in [-0.1, -0.05) is 26.0 Å². The molecule has 1 amide bonds. The van der Waals surface area contributed by atoms with Crippen LogP contribution in [-0.4, -0.2) is 28.5 Å². The molecule has 23 heavy (non-hydrogen) atoms. The van der Waals surface area contributed by atoms with Crippen molar-refractivity contribution in [2.75, 3.05) is 13.1 Å². The Kier molecular flexibility index (Phi) is 9.20. The van der Waals surface area contributed by atoms with Crippen LogP contribution in [0.25, 0.3) is 11.0 Å². The molecule has 1 heterocycles. The van der Waals surface area contributed by atoms with Crippen LogP contribution in [0.4, 0.5) is 0 Å². The van der Waals surface area contributed by atoms with Crippen molar-refractivity contribution >= 4 is 41.8 Å². The van der Waals surface area contributed by atoms with E-state index in [1.807, 2.05) is 44.4 Å². The first-order valence-corrected chi connectivity index (χ1v) is 7.55. The standard InChI is InChI=1S/C16H24N4O.2ClH/c1-3-16(4-2,11-17)15(21)18-9-10-20-12-19-13-7-5-6-8-14(13)20;;/h5-8,12H,3-4,9-11,17H2,1-2H3,(H,18,21);2*1H. The molecule has 0 saturated heterocycles. The molecule has 7 heteroatoms. The van der Waals surface area contributed by atoms with E-state index in [2.05, 4.69) is 14.9 Å². The minimum absolute atomic E-state index is 0. The number of aromatic nitrogens is 2. The molecular formula is C16H26Cl2N4O. The molecule has 2 aromatic rings. The molecule has 0 aliphatic carbocycles. The molecule has 130 valence electrons. The third-order valence-electron chi connectivity index (χ3n) is 4.39. The number of nitrogens with one attached hydrogen (secondary N) is 1. The zero-order valence-corrected chi connectivity index (χ0v) is 15.3. The molecule has 1 aromatic heterocycles. The van der Waals surface area contributed by atoms with E-state index in [4.69, 9.17) is 5.73 Å². The van der Waals surface area contributed by atoms with Crippen LogP contribution in [0.5, 0.6) is 0 Å². The van der Waals surface area contributed by atoms with Crippen LogP contribution < -0.4 is 11.1 Å². The smallest absolute Gasteiger partial charge is 0.227 e. The molecule has 3 N–H and O–H groups in total. The van der Waals surface area contributed by atoms with E-state index in [9.17, 15) is 4.79 Å². The van der Waals surface area contributed by atoms with Gasteiger partial charge in [0.25, 0.3) is 0 Å². The Bertz CT molecular complexity index is 603. The molecule has 0 spiro atoms. The van der Waals surface area contributed by atoms with Gasteiger partial charge in [0.15, 0.2) is 0 Å². The Balaban J connectivity index is 0.00000242. The van der Waals surface area contributed by atoms with Gasteiger partial charge < -0.3 is 15.6 Å². The summed E-state index contributed by atoms with van der Waals surface area (Å²) in [5.41, 5.74) is 7.42. The summed E-state index contributed by atoms with van der Waals surface area (Å²) in [7, 11) is 0. The Hall–Kier alpha value is -1.30. The summed E-state index contributed by atoms with van der Waals surface area (Å²) in [6.07, 6.45) is 3.34. The van der Waals surface area contributed by atoms with Crippen molar-refractivity contribution in [1.29, 1.82) is 0 Å². The lowest BCUT2D eigenvalue weighted by Crippen LogP contribution is -2.46. The average Bonchev–Trinajstić information content (AvgIpc) is 2.93. The third kappa shape index (κ3) is 4.59. The molecule has 0 fully saturated rings. The highest BCUT2D eigenvalue weighted by Gasteiger charge is 2.32. The van der Waals surface area contributed by atoms with E-state index in [0.717, 1.165) is 23.9 Å². The number of halogens is 2. The number of para-hydroxylation sites is 2. The van der Waals surface area contributed by atoms with Crippen molar-refractivity contribution in [3.63, 3.8) is 0 Å². The van der Waals surface area contributed by atoms with E-state index in [1.165, 1.54) is 0 Å². The van der Waals surface area contributed by atoms with Crippen molar-refractivity contribution in [1.82, 2.24) is 14.9 Å². The van der Waals surface area contributed by atoms with Crippen molar-refractivity contribution in [3.8, 4) is 0 Å². The van der Waals surface area contributed by atoms with Crippen molar-refractivity contribution in [3.05, 3.63) is 30.6 Å². The number of carbonyl (C=O) groups is 1. The molecule has 5 nitrogen and oxygen atoms in total. The van der Waals surface area contributed by atoms with E-state index in [1.54, 1.807) is 0 Å². The van der Waals surface area contributed by atoms with Crippen LogP contribution in [0.3, 0.4) is 0 Å². The maximum absolute atomic E-state index is 12.3. The number of imidazole rings is 1. The molecule has 0 unspecified atom stereocenters. The number of hydrogen-bond acceptors (Lipinski definition) is 3. The van der Waals surface area contributed by atoms with Gasteiger partial charge in [-0.2, -0.15) is 0 Å². The SMILES string of the molecule is CCC(CC)(CN)C(=O)NCCn1cnc2ccccc21.Cl.Cl. The number of hydrogen-bond donors (Lipinski definition) is 2. The van der Waals surface area contributed by atoms with Gasteiger partial charge in [-0.3, -0.25) is 4.79 Å². The number of rotatable bonds is 7. The average molecular weight is 361 g/mol. The fourth-order valence-electron chi connectivity index (χ4n) is 2.62. The maximum atomic E-state index is 12.3. The lowest BCUT2D eigenvalue weighted by atomic mass is 9.81. The Morgan fingerprint density at radius 1 is 1.26 bits per heavy atom. The van der Waals surface area contributed by atoms with Crippen molar-refractivity contribution < 1.29 is 4.79 Å². The minimum atomic E-state index is -0.434. The lowest BCUT2D eigenvalue weighted by Gasteiger charge is -2.28. The monoisotopic (exact) mass is 360 g/mol. The molecule has 0 radical (unpaired) electrons. The van der Waals surface area contributed by atoms with Gasteiger partial charge in [0.05, 0.1) is 22.8 Å². The predicted octanol–water partition coefficient (Wildman–Crippen LogP) is 2.76. The number of amides is 1. The first-order valence-electron chi connectivity index (χ1n) is 7.55. The van der Waals surface area contributed by atoms with Crippen LogP contribution in [0.1, 0.15) is 26.7 Å². The van der Waals surface area contributed by atoms with Gasteiger partial charge in [0.2, 0.25) is 5.91 Å². The molecule has 0 bridgehead atoms. The fourth-order valence-corrected chi connectivity index (χ4v) is 2.62. The minimum Gasteiger partial charge on any atom is -0.354 e. The van der Waals surface area contributed by atoms with Crippen molar-refractivity contribution in [2.45, 2.75) is 33.2 Å². The zero-order valence-electron chi connectivity index (χ0n) is 13.6. The summed E-state index contributed by atoms with van der Waals surface area (Å²) in [5, 5.41) is 3.01. The number of nitrogens with zero attached hydrogens (tertiary/aromatic N) is 2. The van der Waals surface area contributed by atoms with Gasteiger partial charge >= 0.3 is 0 Å². The van der Waals surface area contributed by atoms with E-state index in [-0.39, 0.29) is 30.7 Å². The predicted molar refractivity (Wildman–Crippen MR) is 99.3 cm³/mol. The summed E-state index contributed by atoms with van der Waals surface area (Å²) in [6, 6.07) is 7.98. The first-order chi connectivity index (χ1) is 10.2. The van der Waals surface area contributed by atoms with Crippen molar-refractivity contribution in [2.24, 2.45) is 11.1 Å². The molecule has 0 saturated carbocycles. The molecule has 2 rings (SSSR count). The van der Waals surface area contributed by atoms with Gasteiger partial charge in [0.1, 0.15) is 0 Å². The van der Waals surface area contributed by atoms with Gasteiger partial charge in [-0.15, -0.1) is 24.8 Å². The highest BCUT2D eigenvalue weighted by atomic mass is 35.5. The Morgan fingerprint density at radius 3 is 2.52 bits per heavy atom. The van der Waals surface area contributed by atoms with Crippen LogP contribution in [0, 0.1) is 5.41 Å². The normalized spacial score (nSPS) is 10.7. The zero-order chi connectivity index (χ0) is 15.3. The highest BCUT2D eigenvalue weighted by molar-refractivity contribution is 5.85. The largest absolute Gasteiger partial charge is 0.354 e. The summed E-state index contributed by atoms with van der Waals surface area (Å²) in [6.45, 7) is 5.71. The van der Waals surface area contributed by atoms with Crippen LogP contribution in [0.2, 0.25) is 0 Å². The number of benzene rings is 1. The number of carbonyl (C=O) groups excluding carboxylic acids is 1. The van der Waals surface area contributed by atoms with E-state index >= 15 is 0 Å². The second-order valence-corrected chi connectivity index (χ2v) is 5.37. The fraction of sp³-hybridized carbons (Fsp3) is 0.500. The molecular weight excluding hydrogens is 335 g/mol. The van der Waals surface area contributed by atoms with Gasteiger partial charge in [-0.05, 0) is 25.0 Å². The topological polar surface area (TPSA) is 72.9 Å². The second kappa shape index (κ2) is 9.75. The van der Waals surface area contributed by atoms with Gasteiger partial charge in [0, 0.05) is 19.6 Å². The van der Waals surface area contributed by atoms with Crippen LogP contribution in [0.15, 0.2) is 30.6 Å².